The van der Waals surface area contributed by atoms with E-state index in [1.54, 1.807) is 42.6 Å². The third-order valence-corrected chi connectivity index (χ3v) is 5.13. The Hall–Kier alpha value is -3.97. The molecule has 0 aliphatic rings. The molecule has 1 atom stereocenters. The van der Waals surface area contributed by atoms with E-state index in [0.29, 0.717) is 22.3 Å². The van der Waals surface area contributed by atoms with Crippen molar-refractivity contribution in [3.63, 3.8) is 0 Å². The Bertz CT molecular complexity index is 1240. The number of amides is 2. The molecule has 0 unspecified atom stereocenters. The van der Waals surface area contributed by atoms with Crippen molar-refractivity contribution in [3.05, 3.63) is 108 Å². The van der Waals surface area contributed by atoms with Gasteiger partial charge in [-0.3, -0.25) is 0 Å². The number of nitrogens with zero attached hydrogens (tertiary/aromatic N) is 3. The van der Waals surface area contributed by atoms with Gasteiger partial charge in [0.25, 0.3) is 0 Å². The average Bonchev–Trinajstić information content (AvgIpc) is 2.82. The second-order valence-electron chi connectivity index (χ2n) is 7.27. The van der Waals surface area contributed by atoms with Crippen molar-refractivity contribution < 1.29 is 9.18 Å². The van der Waals surface area contributed by atoms with Gasteiger partial charge in [-0.05, 0) is 55.0 Å². The van der Waals surface area contributed by atoms with E-state index in [2.05, 4.69) is 20.6 Å². The largest absolute Gasteiger partial charge is 0.348 e. The van der Waals surface area contributed by atoms with Crippen LogP contribution in [0.15, 0.2) is 91.1 Å². The fourth-order valence-electron chi connectivity index (χ4n) is 3.24. The van der Waals surface area contributed by atoms with E-state index in [1.165, 1.54) is 23.1 Å². The van der Waals surface area contributed by atoms with Crippen molar-refractivity contribution >= 4 is 40.8 Å². The number of carbonyl (C=O) groups excluding carboxylic acids is 1. The van der Waals surface area contributed by atoms with Crippen LogP contribution in [-0.4, -0.2) is 16.0 Å². The number of anilines is 4. The Labute approximate surface area is 196 Å². The minimum Gasteiger partial charge on any atom is -0.348 e. The number of hydrogen-bond donors (Lipinski definition) is 2. The molecule has 6 nitrogen and oxygen atoms in total. The molecule has 3 aromatic carbocycles. The predicted molar refractivity (Wildman–Crippen MR) is 130 cm³/mol. The Morgan fingerprint density at radius 3 is 2.48 bits per heavy atom. The quantitative estimate of drug-likeness (QED) is 0.331. The molecule has 4 rings (SSSR count). The summed E-state index contributed by atoms with van der Waals surface area (Å²) in [7, 11) is 0. The van der Waals surface area contributed by atoms with E-state index < -0.39 is 11.8 Å². The maximum Gasteiger partial charge on any atom is 0.332 e. The van der Waals surface area contributed by atoms with Gasteiger partial charge in [0.2, 0.25) is 5.95 Å². The lowest BCUT2D eigenvalue weighted by Crippen LogP contribution is -2.31. The second kappa shape index (κ2) is 10.1. The highest BCUT2D eigenvalue weighted by molar-refractivity contribution is 6.30. The highest BCUT2D eigenvalue weighted by Crippen LogP contribution is 2.27. The first-order valence-electron chi connectivity index (χ1n) is 10.3. The number of carbonyl (C=O) groups is 1. The van der Waals surface area contributed by atoms with Crippen LogP contribution in [0.5, 0.6) is 0 Å². The highest BCUT2D eigenvalue weighted by atomic mass is 35.5. The second-order valence-corrected chi connectivity index (χ2v) is 7.70. The Morgan fingerprint density at radius 1 is 1.00 bits per heavy atom. The molecule has 1 heterocycles. The SMILES string of the molecule is C[C@H](Nc1nccc(N(C(=O)Nc2ccc(Cl)cc2)c2cccc(F)c2)n1)c1ccccc1. The van der Waals surface area contributed by atoms with Crippen molar-refractivity contribution in [3.8, 4) is 0 Å². The van der Waals surface area contributed by atoms with Crippen LogP contribution in [0.1, 0.15) is 18.5 Å². The van der Waals surface area contributed by atoms with Crippen LogP contribution in [0, 0.1) is 5.82 Å². The molecule has 0 aliphatic heterocycles. The summed E-state index contributed by atoms with van der Waals surface area (Å²) in [5.41, 5.74) is 1.92. The van der Waals surface area contributed by atoms with Gasteiger partial charge < -0.3 is 10.6 Å². The van der Waals surface area contributed by atoms with Crippen molar-refractivity contribution in [2.45, 2.75) is 13.0 Å². The van der Waals surface area contributed by atoms with E-state index >= 15 is 0 Å². The standard InChI is InChI=1S/C25H21ClFN5O/c1-17(18-6-3-2-4-7-18)29-24-28-15-14-23(31-24)32(22-9-5-8-20(27)16-22)25(33)30-21-12-10-19(26)11-13-21/h2-17H,1H3,(H,30,33)(H,28,29,31)/t17-/m0/s1. The lowest BCUT2D eigenvalue weighted by molar-refractivity contribution is 0.259. The molecule has 2 amide bonds. The first-order chi connectivity index (χ1) is 16.0. The summed E-state index contributed by atoms with van der Waals surface area (Å²) < 4.78 is 14.0. The molecule has 166 valence electrons. The lowest BCUT2D eigenvalue weighted by atomic mass is 10.1. The van der Waals surface area contributed by atoms with Crippen LogP contribution in [0.2, 0.25) is 5.02 Å². The third kappa shape index (κ3) is 5.64. The van der Waals surface area contributed by atoms with E-state index in [9.17, 15) is 9.18 Å². The van der Waals surface area contributed by atoms with Crippen LogP contribution in [0.25, 0.3) is 0 Å². The molecule has 0 fully saturated rings. The molecule has 0 aliphatic carbocycles. The summed E-state index contributed by atoms with van der Waals surface area (Å²) in [4.78, 5) is 23.3. The molecular weight excluding hydrogens is 441 g/mol. The average molecular weight is 462 g/mol. The van der Waals surface area contributed by atoms with Crippen LogP contribution >= 0.6 is 11.6 Å². The van der Waals surface area contributed by atoms with E-state index in [0.717, 1.165) is 5.56 Å². The molecule has 0 saturated carbocycles. The molecule has 0 bridgehead atoms. The van der Waals surface area contributed by atoms with Gasteiger partial charge in [0.1, 0.15) is 11.6 Å². The normalized spacial score (nSPS) is 11.5. The fraction of sp³-hybridized carbons (Fsp3) is 0.0800. The number of hydrogen-bond acceptors (Lipinski definition) is 4. The number of urea groups is 1. The maximum absolute atomic E-state index is 14.0. The minimum atomic E-state index is -0.510. The van der Waals surface area contributed by atoms with Crippen LogP contribution in [0.3, 0.4) is 0 Å². The lowest BCUT2D eigenvalue weighted by Gasteiger charge is -2.23. The topological polar surface area (TPSA) is 70.2 Å². The summed E-state index contributed by atoms with van der Waals surface area (Å²) in [6.07, 6.45) is 1.55. The number of nitrogens with one attached hydrogen (secondary N) is 2. The summed E-state index contributed by atoms with van der Waals surface area (Å²) in [6.45, 7) is 1.99. The monoisotopic (exact) mass is 461 g/mol. The Morgan fingerprint density at radius 2 is 1.76 bits per heavy atom. The zero-order valence-electron chi connectivity index (χ0n) is 17.7. The number of halogens is 2. The summed E-state index contributed by atoms with van der Waals surface area (Å²) in [6, 6.07) is 23.3. The zero-order valence-corrected chi connectivity index (χ0v) is 18.5. The van der Waals surface area contributed by atoms with Gasteiger partial charge in [-0.1, -0.05) is 48.0 Å². The molecule has 0 radical (unpaired) electrons. The highest BCUT2D eigenvalue weighted by Gasteiger charge is 2.21. The Balaban J connectivity index is 1.64. The van der Waals surface area contributed by atoms with E-state index in [-0.39, 0.29) is 11.9 Å². The van der Waals surface area contributed by atoms with E-state index in [1.807, 2.05) is 37.3 Å². The van der Waals surface area contributed by atoms with Crippen molar-refractivity contribution in [2.24, 2.45) is 0 Å². The van der Waals surface area contributed by atoms with Crippen LogP contribution in [0.4, 0.5) is 32.3 Å². The predicted octanol–water partition coefficient (Wildman–Crippen LogP) is 6.81. The van der Waals surface area contributed by atoms with Gasteiger partial charge >= 0.3 is 6.03 Å². The fourth-order valence-corrected chi connectivity index (χ4v) is 3.37. The van der Waals surface area contributed by atoms with Gasteiger partial charge in [-0.15, -0.1) is 0 Å². The van der Waals surface area contributed by atoms with Gasteiger partial charge in [0.05, 0.1) is 11.7 Å². The van der Waals surface area contributed by atoms with Crippen LogP contribution in [-0.2, 0) is 0 Å². The molecule has 0 saturated heterocycles. The van der Waals surface area contributed by atoms with Crippen molar-refractivity contribution in [1.82, 2.24) is 9.97 Å². The van der Waals surface area contributed by atoms with Crippen LogP contribution < -0.4 is 15.5 Å². The van der Waals surface area contributed by atoms with Gasteiger partial charge in [0, 0.05) is 23.0 Å². The number of aromatic nitrogens is 2. The van der Waals surface area contributed by atoms with Gasteiger partial charge in [-0.2, -0.15) is 4.98 Å². The zero-order chi connectivity index (χ0) is 23.2. The molecule has 1 aromatic heterocycles. The molecular formula is C25H21ClFN5O. The summed E-state index contributed by atoms with van der Waals surface area (Å²) in [5, 5.41) is 6.59. The van der Waals surface area contributed by atoms with Gasteiger partial charge in [-0.25, -0.2) is 19.1 Å². The molecule has 4 aromatic rings. The summed E-state index contributed by atoms with van der Waals surface area (Å²) >= 11 is 5.93. The minimum absolute atomic E-state index is 0.0630. The van der Waals surface area contributed by atoms with Crippen molar-refractivity contribution in [1.29, 1.82) is 0 Å². The molecule has 0 spiro atoms. The third-order valence-electron chi connectivity index (χ3n) is 4.88. The Kier molecular flexibility index (Phi) is 6.80. The summed E-state index contributed by atoms with van der Waals surface area (Å²) in [5.74, 6) is 0.149. The molecule has 33 heavy (non-hydrogen) atoms. The number of rotatable bonds is 6. The maximum atomic E-state index is 14.0. The van der Waals surface area contributed by atoms with E-state index in [4.69, 9.17) is 11.6 Å². The van der Waals surface area contributed by atoms with Crippen molar-refractivity contribution in [2.75, 3.05) is 15.5 Å². The smallest absolute Gasteiger partial charge is 0.332 e. The first-order valence-corrected chi connectivity index (χ1v) is 10.6. The van der Waals surface area contributed by atoms with Gasteiger partial charge in [0.15, 0.2) is 0 Å². The molecule has 8 heteroatoms. The number of benzene rings is 3. The first kappa shape index (κ1) is 22.2. The molecule has 2 N–H and O–H groups in total.